The van der Waals surface area contributed by atoms with E-state index >= 15 is 0 Å². The van der Waals surface area contributed by atoms with E-state index in [1.54, 1.807) is 18.2 Å². The minimum atomic E-state index is -3.50. The number of carbonyl (C=O) groups excluding carboxylic acids is 1. The van der Waals surface area contributed by atoms with Gasteiger partial charge in [0.15, 0.2) is 9.84 Å². The molecule has 0 aliphatic carbocycles. The molecule has 0 saturated heterocycles. The maximum Gasteiger partial charge on any atom is 0.235 e. The minimum Gasteiger partial charge on any atom is -0.350 e. The first-order valence-electron chi connectivity index (χ1n) is 7.54. The molecule has 0 aromatic heterocycles. The smallest absolute Gasteiger partial charge is 0.235 e. The molecule has 1 aromatic rings. The average molecular weight is 404 g/mol. The topological polar surface area (TPSA) is 63.2 Å². The second kappa shape index (κ2) is 7.34. The van der Waals surface area contributed by atoms with E-state index in [1.807, 2.05) is 19.9 Å². The third kappa shape index (κ3) is 8.51. The Balaban J connectivity index is 2.68. The molecule has 0 spiro atoms. The monoisotopic (exact) mass is 403 g/mol. The van der Waals surface area contributed by atoms with Crippen LogP contribution in [0.4, 0.5) is 0 Å². The summed E-state index contributed by atoms with van der Waals surface area (Å²) < 4.78 is 25.3. The van der Waals surface area contributed by atoms with Gasteiger partial charge in [-0.3, -0.25) is 4.79 Å². The van der Waals surface area contributed by atoms with E-state index < -0.39 is 27.0 Å². The van der Waals surface area contributed by atoms with Crippen molar-refractivity contribution >= 4 is 31.7 Å². The molecule has 130 valence electrons. The average Bonchev–Trinajstić information content (AvgIpc) is 2.21. The Bertz CT molecular complexity index is 661. The van der Waals surface area contributed by atoms with Gasteiger partial charge >= 0.3 is 0 Å². The highest BCUT2D eigenvalue weighted by Crippen LogP contribution is 2.26. The standard InChI is InChI=1S/C17H26BrNO3S/c1-16(2,3)12-17(4,5)19-15(20)11-23(21,22)10-13-7-6-8-14(18)9-13/h6-9H,10-12H2,1-5H3,(H,19,20). The van der Waals surface area contributed by atoms with E-state index in [1.165, 1.54) is 0 Å². The van der Waals surface area contributed by atoms with Gasteiger partial charge in [0.2, 0.25) is 5.91 Å². The molecule has 0 heterocycles. The fraction of sp³-hybridized carbons (Fsp3) is 0.588. The molecule has 1 N–H and O–H groups in total. The zero-order valence-corrected chi connectivity index (χ0v) is 16.8. The van der Waals surface area contributed by atoms with Gasteiger partial charge in [-0.05, 0) is 43.4 Å². The molecular formula is C17H26BrNO3S. The summed E-state index contributed by atoms with van der Waals surface area (Å²) in [5.74, 6) is -1.08. The lowest BCUT2D eigenvalue weighted by Crippen LogP contribution is -2.47. The summed E-state index contributed by atoms with van der Waals surface area (Å²) in [4.78, 5) is 12.1. The third-order valence-corrected chi connectivity index (χ3v) is 5.05. The van der Waals surface area contributed by atoms with E-state index in [2.05, 4.69) is 42.0 Å². The summed E-state index contributed by atoms with van der Waals surface area (Å²) in [7, 11) is -3.50. The molecule has 0 atom stereocenters. The molecular weight excluding hydrogens is 378 g/mol. The maximum atomic E-state index is 12.2. The number of sulfone groups is 1. The second-order valence-corrected chi connectivity index (χ2v) is 10.8. The van der Waals surface area contributed by atoms with Crippen LogP contribution in [0.3, 0.4) is 0 Å². The van der Waals surface area contributed by atoms with Crippen molar-refractivity contribution in [2.24, 2.45) is 5.41 Å². The van der Waals surface area contributed by atoms with Crippen molar-refractivity contribution in [2.45, 2.75) is 52.3 Å². The maximum absolute atomic E-state index is 12.2. The van der Waals surface area contributed by atoms with Gasteiger partial charge in [0.25, 0.3) is 0 Å². The number of nitrogens with one attached hydrogen (secondary N) is 1. The van der Waals surface area contributed by atoms with Crippen molar-refractivity contribution in [1.29, 1.82) is 0 Å². The summed E-state index contributed by atoms with van der Waals surface area (Å²) in [6.07, 6.45) is 0.761. The number of benzene rings is 1. The molecule has 1 rings (SSSR count). The van der Waals surface area contributed by atoms with Gasteiger partial charge in [-0.25, -0.2) is 8.42 Å². The van der Waals surface area contributed by atoms with E-state index in [0.29, 0.717) is 5.56 Å². The van der Waals surface area contributed by atoms with Crippen LogP contribution in [0, 0.1) is 5.41 Å². The lowest BCUT2D eigenvalue weighted by Gasteiger charge is -2.33. The number of halogens is 1. The van der Waals surface area contributed by atoms with Crippen molar-refractivity contribution in [3.05, 3.63) is 34.3 Å². The highest BCUT2D eigenvalue weighted by Gasteiger charge is 2.28. The van der Waals surface area contributed by atoms with Gasteiger partial charge < -0.3 is 5.32 Å². The fourth-order valence-electron chi connectivity index (χ4n) is 2.91. The van der Waals surface area contributed by atoms with Crippen LogP contribution in [-0.2, 0) is 20.4 Å². The predicted molar refractivity (Wildman–Crippen MR) is 97.9 cm³/mol. The van der Waals surface area contributed by atoms with E-state index in [9.17, 15) is 13.2 Å². The Morgan fingerprint density at radius 2 is 1.78 bits per heavy atom. The lowest BCUT2D eigenvalue weighted by atomic mass is 9.82. The molecule has 6 heteroatoms. The molecule has 0 aliphatic rings. The van der Waals surface area contributed by atoms with Crippen molar-refractivity contribution < 1.29 is 13.2 Å². The van der Waals surface area contributed by atoms with Crippen molar-refractivity contribution in [3.8, 4) is 0 Å². The van der Waals surface area contributed by atoms with Crippen molar-refractivity contribution in [2.75, 3.05) is 5.75 Å². The van der Waals surface area contributed by atoms with Crippen LogP contribution >= 0.6 is 15.9 Å². The SMILES string of the molecule is CC(C)(C)CC(C)(C)NC(=O)CS(=O)(=O)Cc1cccc(Br)c1. The van der Waals surface area contributed by atoms with E-state index in [-0.39, 0.29) is 11.2 Å². The molecule has 0 aliphatic heterocycles. The van der Waals surface area contributed by atoms with Gasteiger partial charge in [0.1, 0.15) is 5.75 Å². The van der Waals surface area contributed by atoms with Gasteiger partial charge in [-0.1, -0.05) is 48.8 Å². The predicted octanol–water partition coefficient (Wildman–Crippen LogP) is 3.69. The Hall–Kier alpha value is -0.880. The molecule has 4 nitrogen and oxygen atoms in total. The first kappa shape index (κ1) is 20.2. The molecule has 0 saturated carbocycles. The van der Waals surface area contributed by atoms with Gasteiger partial charge in [0, 0.05) is 10.0 Å². The highest BCUT2D eigenvalue weighted by atomic mass is 79.9. The lowest BCUT2D eigenvalue weighted by molar-refractivity contribution is -0.120. The molecule has 0 unspecified atom stereocenters. The normalized spacial score (nSPS) is 13.0. The van der Waals surface area contributed by atoms with Crippen LogP contribution in [0.15, 0.2) is 28.7 Å². The second-order valence-electron chi connectivity index (χ2n) is 7.83. The summed E-state index contributed by atoms with van der Waals surface area (Å²) in [6.45, 7) is 10.1. The summed E-state index contributed by atoms with van der Waals surface area (Å²) in [5.41, 5.74) is 0.271. The first-order chi connectivity index (χ1) is 10.3. The largest absolute Gasteiger partial charge is 0.350 e. The molecule has 1 aromatic carbocycles. The Morgan fingerprint density at radius 3 is 2.30 bits per heavy atom. The van der Waals surface area contributed by atoms with Crippen LogP contribution in [0.25, 0.3) is 0 Å². The van der Waals surface area contributed by atoms with Crippen LogP contribution in [-0.4, -0.2) is 25.6 Å². The van der Waals surface area contributed by atoms with Crippen molar-refractivity contribution in [3.63, 3.8) is 0 Å². The summed E-state index contributed by atoms with van der Waals surface area (Å²) in [6, 6.07) is 7.10. The zero-order chi connectivity index (χ0) is 17.9. The van der Waals surface area contributed by atoms with Gasteiger partial charge in [-0.2, -0.15) is 0 Å². The Morgan fingerprint density at radius 1 is 1.17 bits per heavy atom. The van der Waals surface area contributed by atoms with E-state index in [4.69, 9.17) is 0 Å². The van der Waals surface area contributed by atoms with Gasteiger partial charge in [-0.15, -0.1) is 0 Å². The minimum absolute atomic E-state index is 0.0476. The first-order valence-corrected chi connectivity index (χ1v) is 10.2. The highest BCUT2D eigenvalue weighted by molar-refractivity contribution is 9.10. The van der Waals surface area contributed by atoms with Crippen molar-refractivity contribution in [1.82, 2.24) is 5.32 Å². The molecule has 0 fully saturated rings. The number of hydrogen-bond donors (Lipinski definition) is 1. The van der Waals surface area contributed by atoms with E-state index in [0.717, 1.165) is 10.9 Å². The number of carbonyl (C=O) groups is 1. The zero-order valence-electron chi connectivity index (χ0n) is 14.4. The molecule has 0 radical (unpaired) electrons. The fourth-order valence-corrected chi connectivity index (χ4v) is 4.62. The number of hydrogen-bond acceptors (Lipinski definition) is 3. The quantitative estimate of drug-likeness (QED) is 0.787. The van der Waals surface area contributed by atoms with Crippen LogP contribution in [0.2, 0.25) is 0 Å². The molecule has 0 bridgehead atoms. The summed E-state index contributed by atoms with van der Waals surface area (Å²) in [5, 5.41) is 2.84. The molecule has 23 heavy (non-hydrogen) atoms. The van der Waals surface area contributed by atoms with Crippen LogP contribution < -0.4 is 5.32 Å². The summed E-state index contributed by atoms with van der Waals surface area (Å²) >= 11 is 3.31. The molecule has 1 amide bonds. The number of amides is 1. The van der Waals surface area contributed by atoms with Crippen LogP contribution in [0.1, 0.15) is 46.6 Å². The Labute approximate surface area is 148 Å². The Kier molecular flexibility index (Phi) is 6.44. The third-order valence-electron chi connectivity index (χ3n) is 3.08. The van der Waals surface area contributed by atoms with Gasteiger partial charge in [0.05, 0.1) is 5.75 Å². The number of rotatable bonds is 6. The van der Waals surface area contributed by atoms with Crippen LogP contribution in [0.5, 0.6) is 0 Å².